The molecule has 8 heteroatoms. The van der Waals surface area contributed by atoms with Gasteiger partial charge >= 0.3 is 45.6 Å². The molecule has 0 aliphatic rings. The summed E-state index contributed by atoms with van der Waals surface area (Å²) in [6.45, 7) is 7.90. The van der Waals surface area contributed by atoms with Crippen molar-refractivity contribution in [2.75, 3.05) is 0 Å². The molecule has 0 amide bonds. The van der Waals surface area contributed by atoms with E-state index in [1.807, 2.05) is 0 Å². The van der Waals surface area contributed by atoms with E-state index in [0.29, 0.717) is 0 Å². The van der Waals surface area contributed by atoms with E-state index in [1.54, 1.807) is 6.92 Å². The Hall–Kier alpha value is 0.580. The number of carboxylic acids is 1. The molecule has 0 saturated heterocycles. The molecule has 0 bridgehead atoms. The van der Waals surface area contributed by atoms with Crippen molar-refractivity contribution in [2.45, 2.75) is 6.92 Å². The van der Waals surface area contributed by atoms with E-state index in [1.165, 1.54) is 0 Å². The molecule has 0 unspecified atom stereocenters. The first kappa shape index (κ1) is 23.4. The summed E-state index contributed by atoms with van der Waals surface area (Å²) in [4.78, 5) is 30.7. The fraction of sp³-hybridized carbons (Fsp3) is 0.200. The van der Waals surface area contributed by atoms with Gasteiger partial charge in [0, 0.05) is 0 Å². The molecular formula is C5H11CaO6P. The smallest absolute Gasteiger partial charge is 0.545 e. The molecule has 0 aromatic heterocycles. The van der Waals surface area contributed by atoms with Crippen molar-refractivity contribution < 1.29 is 29.1 Å². The van der Waals surface area contributed by atoms with E-state index in [2.05, 4.69) is 13.5 Å². The first-order chi connectivity index (χ1) is 5.27. The molecule has 0 heterocycles. The van der Waals surface area contributed by atoms with Gasteiger partial charge < -0.3 is 31.5 Å². The number of phosphoric acid groups is 1. The van der Waals surface area contributed by atoms with Gasteiger partial charge in [-0.25, -0.2) is 4.57 Å². The molecule has 0 aliphatic heterocycles. The van der Waals surface area contributed by atoms with Gasteiger partial charge in [-0.2, -0.15) is 6.92 Å². The Balaban J connectivity index is -0.0000000491. The first-order valence-corrected chi connectivity index (χ1v) is 4.16. The molecule has 0 aromatic carbocycles. The van der Waals surface area contributed by atoms with Crippen molar-refractivity contribution in [3.63, 3.8) is 0 Å². The van der Waals surface area contributed by atoms with Gasteiger partial charge in [0.25, 0.3) is 0 Å². The summed E-state index contributed by atoms with van der Waals surface area (Å²) in [7, 11) is -4.64. The molecule has 0 saturated carbocycles. The molecule has 74 valence electrons. The van der Waals surface area contributed by atoms with Crippen LogP contribution in [0, 0.1) is 6.92 Å². The third-order valence-electron chi connectivity index (χ3n) is 0.167. The number of carbonyl (C=O) groups is 1. The number of hydrogen-bond acceptors (Lipinski definition) is 3. The van der Waals surface area contributed by atoms with Crippen LogP contribution in [0.1, 0.15) is 6.92 Å². The Kier molecular flexibility index (Phi) is 27.1. The number of carboxylic acid groups (broad SMARTS) is 1. The largest absolute Gasteiger partial charge is 2.00 e. The van der Waals surface area contributed by atoms with Gasteiger partial charge in [-0.15, -0.1) is 0 Å². The summed E-state index contributed by atoms with van der Waals surface area (Å²) in [6.07, 6.45) is 0.722. The van der Waals surface area contributed by atoms with Crippen molar-refractivity contribution >= 4 is 51.5 Å². The maximum absolute atomic E-state index is 9.14. The van der Waals surface area contributed by atoms with Gasteiger partial charge in [-0.05, 0) is 6.08 Å². The molecule has 13 heavy (non-hydrogen) atoms. The summed E-state index contributed by atoms with van der Waals surface area (Å²) in [5.74, 6) is -1.23. The van der Waals surface area contributed by atoms with E-state index < -0.39 is 13.8 Å². The van der Waals surface area contributed by atoms with Gasteiger partial charge in [0.1, 0.15) is 0 Å². The standard InChI is InChI=1S/C3H4O2.C2H5.Ca.H3O4P/c1-2-3(4)5;1-2;;1-5(2,3)4/h2H,1H2,(H,4,5);1H2,2H3;;(H3,1,2,3,4)/q;-1;+2;/p-1. The minimum Gasteiger partial charge on any atom is -0.545 e. The maximum Gasteiger partial charge on any atom is 2.00 e. The van der Waals surface area contributed by atoms with E-state index in [4.69, 9.17) is 29.1 Å². The van der Waals surface area contributed by atoms with Gasteiger partial charge in [-0.1, -0.05) is 6.58 Å². The molecule has 3 N–H and O–H groups in total. The van der Waals surface area contributed by atoms with Crippen LogP contribution in [0.3, 0.4) is 0 Å². The Labute approximate surface area is 107 Å². The zero-order valence-electron chi connectivity index (χ0n) is 7.21. The SMILES string of the molecule is C=CC(=O)[O-].O=P(O)(O)O.[CH2-]C.[Ca+2]. The Morgan fingerprint density at radius 2 is 1.54 bits per heavy atom. The van der Waals surface area contributed by atoms with Crippen molar-refractivity contribution in [1.29, 1.82) is 0 Å². The van der Waals surface area contributed by atoms with E-state index in [-0.39, 0.29) is 37.7 Å². The van der Waals surface area contributed by atoms with Crippen LogP contribution in [0.4, 0.5) is 0 Å². The number of hydrogen-bond donors (Lipinski definition) is 3. The topological polar surface area (TPSA) is 118 Å². The average molecular weight is 238 g/mol. The molecule has 0 rings (SSSR count). The molecule has 0 atom stereocenters. The van der Waals surface area contributed by atoms with Crippen molar-refractivity contribution in [1.82, 2.24) is 0 Å². The van der Waals surface area contributed by atoms with Crippen LogP contribution in [-0.4, -0.2) is 58.4 Å². The van der Waals surface area contributed by atoms with E-state index in [0.717, 1.165) is 6.08 Å². The third kappa shape index (κ3) is 212. The molecule has 0 aromatic rings. The second-order valence-corrected chi connectivity index (χ2v) is 2.06. The number of rotatable bonds is 1. The molecule has 0 fully saturated rings. The second kappa shape index (κ2) is 15.1. The Morgan fingerprint density at radius 3 is 1.54 bits per heavy atom. The normalized spacial score (nSPS) is 7.46. The van der Waals surface area contributed by atoms with E-state index in [9.17, 15) is 0 Å². The Morgan fingerprint density at radius 1 is 1.46 bits per heavy atom. The van der Waals surface area contributed by atoms with Gasteiger partial charge in [-0.3, -0.25) is 0 Å². The van der Waals surface area contributed by atoms with Crippen LogP contribution in [-0.2, 0) is 9.36 Å². The Bertz CT molecular complexity index is 156. The van der Waals surface area contributed by atoms with Crippen LogP contribution in [0.2, 0.25) is 0 Å². The predicted molar refractivity (Wildman–Crippen MR) is 46.3 cm³/mol. The average Bonchev–Trinajstić information content (AvgIpc) is 1.89. The van der Waals surface area contributed by atoms with Crippen molar-refractivity contribution in [2.24, 2.45) is 0 Å². The molecule has 0 aliphatic carbocycles. The van der Waals surface area contributed by atoms with Crippen LogP contribution in [0.25, 0.3) is 0 Å². The fourth-order valence-electron chi connectivity index (χ4n) is 0. The van der Waals surface area contributed by atoms with Gasteiger partial charge in [0.05, 0.1) is 5.97 Å². The minimum absolute atomic E-state index is 0. The quantitative estimate of drug-likeness (QED) is 0.220. The monoisotopic (exact) mass is 238 g/mol. The fourth-order valence-corrected chi connectivity index (χ4v) is 0. The number of aliphatic carboxylic acids is 1. The summed E-state index contributed by atoms with van der Waals surface area (Å²) in [5.41, 5.74) is 0. The third-order valence-corrected chi connectivity index (χ3v) is 0.167. The zero-order valence-corrected chi connectivity index (χ0v) is 10.3. The van der Waals surface area contributed by atoms with Crippen molar-refractivity contribution in [3.05, 3.63) is 19.6 Å². The van der Waals surface area contributed by atoms with Crippen LogP contribution >= 0.6 is 7.82 Å². The van der Waals surface area contributed by atoms with Crippen molar-refractivity contribution in [3.8, 4) is 0 Å². The van der Waals surface area contributed by atoms with Crippen LogP contribution in [0.5, 0.6) is 0 Å². The van der Waals surface area contributed by atoms with Crippen LogP contribution in [0.15, 0.2) is 12.7 Å². The van der Waals surface area contributed by atoms with E-state index >= 15 is 0 Å². The summed E-state index contributed by atoms with van der Waals surface area (Å²) in [6, 6.07) is 0. The maximum atomic E-state index is 9.14. The molecule has 0 spiro atoms. The minimum atomic E-state index is -4.64. The zero-order chi connectivity index (χ0) is 10.8. The summed E-state index contributed by atoms with van der Waals surface area (Å²) in [5, 5.41) is 9.14. The molecule has 6 nitrogen and oxygen atoms in total. The van der Waals surface area contributed by atoms with Crippen LogP contribution < -0.4 is 5.11 Å². The molecule has 0 radical (unpaired) electrons. The number of carbonyl (C=O) groups excluding carboxylic acids is 1. The second-order valence-electron chi connectivity index (χ2n) is 1.04. The predicted octanol–water partition coefficient (Wildman–Crippen LogP) is -1.55. The molecular weight excluding hydrogens is 227 g/mol. The first-order valence-electron chi connectivity index (χ1n) is 2.59. The summed E-state index contributed by atoms with van der Waals surface area (Å²) < 4.78 is 8.88. The van der Waals surface area contributed by atoms with Gasteiger partial charge in [0.15, 0.2) is 0 Å². The van der Waals surface area contributed by atoms with Gasteiger partial charge in [0.2, 0.25) is 0 Å². The summed E-state index contributed by atoms with van der Waals surface area (Å²) >= 11 is 0.